The van der Waals surface area contributed by atoms with Gasteiger partial charge >= 0.3 is 0 Å². The van der Waals surface area contributed by atoms with E-state index in [0.717, 1.165) is 11.3 Å². The molecule has 1 aromatic rings. The van der Waals surface area contributed by atoms with Crippen LogP contribution in [0.25, 0.3) is 0 Å². The third-order valence-corrected chi connectivity index (χ3v) is 3.06. The summed E-state index contributed by atoms with van der Waals surface area (Å²) in [6.07, 6.45) is -0.00842. The Kier molecular flexibility index (Phi) is 2.50. The van der Waals surface area contributed by atoms with Gasteiger partial charge < -0.3 is 9.84 Å². The minimum absolute atomic E-state index is 0.0297. The van der Waals surface area contributed by atoms with Crippen molar-refractivity contribution in [2.75, 3.05) is 0 Å². The summed E-state index contributed by atoms with van der Waals surface area (Å²) >= 11 is 0. The molecular formula is C13H16O3. The Bertz CT molecular complexity index is 435. The van der Waals surface area contributed by atoms with E-state index in [9.17, 15) is 9.90 Å². The van der Waals surface area contributed by atoms with E-state index in [-0.39, 0.29) is 5.78 Å². The second-order valence-corrected chi connectivity index (χ2v) is 4.80. The van der Waals surface area contributed by atoms with Gasteiger partial charge in [-0.3, -0.25) is 4.79 Å². The normalized spacial score (nSPS) is 22.1. The van der Waals surface area contributed by atoms with Crippen molar-refractivity contribution in [2.24, 2.45) is 0 Å². The maximum Gasteiger partial charge on any atom is 0.159 e. The van der Waals surface area contributed by atoms with Crippen molar-refractivity contribution in [1.82, 2.24) is 0 Å². The van der Waals surface area contributed by atoms with E-state index < -0.39 is 11.7 Å². The number of aliphatic hydroxyl groups excluding tert-OH is 1. The van der Waals surface area contributed by atoms with Gasteiger partial charge in [0.05, 0.1) is 6.10 Å². The summed E-state index contributed by atoms with van der Waals surface area (Å²) in [5.41, 5.74) is 0.999. The minimum atomic E-state index is -0.565. The molecule has 1 aromatic carbocycles. The molecule has 0 aromatic heterocycles. The van der Waals surface area contributed by atoms with Gasteiger partial charge in [0.1, 0.15) is 11.4 Å². The second kappa shape index (κ2) is 3.59. The Morgan fingerprint density at radius 1 is 1.50 bits per heavy atom. The Balaban J connectivity index is 2.40. The number of Topliss-reactive ketones (excluding diaryl/α,β-unsaturated/α-hetero) is 1. The maximum atomic E-state index is 11.2. The van der Waals surface area contributed by atoms with E-state index >= 15 is 0 Å². The van der Waals surface area contributed by atoms with Crippen LogP contribution in [-0.4, -0.2) is 22.6 Å². The molecule has 3 nitrogen and oxygen atoms in total. The lowest BCUT2D eigenvalue weighted by Crippen LogP contribution is -2.46. The predicted molar refractivity (Wildman–Crippen MR) is 60.9 cm³/mol. The molecule has 3 heteroatoms. The van der Waals surface area contributed by atoms with Crippen LogP contribution in [0.4, 0.5) is 0 Å². The van der Waals surface area contributed by atoms with Gasteiger partial charge in [-0.15, -0.1) is 0 Å². The molecule has 16 heavy (non-hydrogen) atoms. The van der Waals surface area contributed by atoms with Gasteiger partial charge in [0.2, 0.25) is 0 Å². The van der Waals surface area contributed by atoms with Crippen molar-refractivity contribution in [3.05, 3.63) is 29.3 Å². The van der Waals surface area contributed by atoms with Gasteiger partial charge in [0, 0.05) is 12.0 Å². The number of carbonyl (C=O) groups is 1. The lowest BCUT2D eigenvalue weighted by molar-refractivity contribution is -0.0411. The van der Waals surface area contributed by atoms with Crippen molar-refractivity contribution < 1.29 is 14.6 Å². The van der Waals surface area contributed by atoms with Crippen molar-refractivity contribution in [2.45, 2.75) is 38.9 Å². The predicted octanol–water partition coefficient (Wildman–Crippen LogP) is 1.96. The molecule has 0 radical (unpaired) electrons. The van der Waals surface area contributed by atoms with Crippen LogP contribution in [0.15, 0.2) is 18.2 Å². The third kappa shape index (κ3) is 1.83. The molecule has 0 fully saturated rings. The van der Waals surface area contributed by atoms with E-state index in [0.29, 0.717) is 12.0 Å². The highest BCUT2D eigenvalue weighted by Gasteiger charge is 2.35. The van der Waals surface area contributed by atoms with E-state index in [1.54, 1.807) is 18.2 Å². The summed E-state index contributed by atoms with van der Waals surface area (Å²) in [6.45, 7) is 5.25. The quantitative estimate of drug-likeness (QED) is 0.736. The number of fused-ring (bicyclic) bond motifs is 1. The molecule has 0 saturated heterocycles. The van der Waals surface area contributed by atoms with Crippen molar-refractivity contribution in [3.8, 4) is 5.75 Å². The molecule has 0 aliphatic carbocycles. The summed E-state index contributed by atoms with van der Waals surface area (Å²) < 4.78 is 5.70. The summed E-state index contributed by atoms with van der Waals surface area (Å²) in [6, 6.07) is 5.37. The fourth-order valence-electron chi connectivity index (χ4n) is 1.86. The Morgan fingerprint density at radius 2 is 2.19 bits per heavy atom. The number of ether oxygens (including phenoxy) is 1. The molecule has 2 rings (SSSR count). The average Bonchev–Trinajstić information content (AvgIpc) is 2.18. The van der Waals surface area contributed by atoms with Crippen LogP contribution in [0.1, 0.15) is 36.7 Å². The van der Waals surface area contributed by atoms with Gasteiger partial charge in [0.25, 0.3) is 0 Å². The Morgan fingerprint density at radius 3 is 2.81 bits per heavy atom. The molecule has 1 atom stereocenters. The van der Waals surface area contributed by atoms with Crippen LogP contribution >= 0.6 is 0 Å². The molecule has 0 amide bonds. The fraction of sp³-hybridized carbons (Fsp3) is 0.462. The minimum Gasteiger partial charge on any atom is -0.485 e. The van der Waals surface area contributed by atoms with Gasteiger partial charge in [-0.1, -0.05) is 0 Å². The zero-order valence-corrected chi connectivity index (χ0v) is 9.78. The highest BCUT2D eigenvalue weighted by Crippen LogP contribution is 2.33. The zero-order valence-electron chi connectivity index (χ0n) is 9.78. The summed E-state index contributed by atoms with van der Waals surface area (Å²) in [5, 5.41) is 9.90. The van der Waals surface area contributed by atoms with Crippen LogP contribution in [0, 0.1) is 0 Å². The van der Waals surface area contributed by atoms with Crippen LogP contribution in [0.2, 0.25) is 0 Å². The smallest absolute Gasteiger partial charge is 0.159 e. The first kappa shape index (κ1) is 11.1. The highest BCUT2D eigenvalue weighted by molar-refractivity contribution is 5.94. The molecule has 1 heterocycles. The topological polar surface area (TPSA) is 46.5 Å². The van der Waals surface area contributed by atoms with Crippen LogP contribution in [-0.2, 0) is 6.42 Å². The van der Waals surface area contributed by atoms with E-state index in [4.69, 9.17) is 4.74 Å². The molecule has 1 aliphatic heterocycles. The lowest BCUT2D eigenvalue weighted by Gasteiger charge is -2.37. The Labute approximate surface area is 95.0 Å². The third-order valence-electron chi connectivity index (χ3n) is 3.06. The van der Waals surface area contributed by atoms with Gasteiger partial charge in [-0.05, 0) is 44.5 Å². The second-order valence-electron chi connectivity index (χ2n) is 4.80. The number of rotatable bonds is 1. The first-order chi connectivity index (χ1) is 7.40. The molecule has 0 spiro atoms. The standard InChI is InChI=1S/C13H16O3/c1-8(14)9-4-5-11-10(6-9)7-12(15)13(2,3)16-11/h4-6,12,15H,7H2,1-3H3/t12-/m0/s1. The molecule has 0 bridgehead atoms. The van der Waals surface area contributed by atoms with Crippen molar-refractivity contribution in [3.63, 3.8) is 0 Å². The summed E-state index contributed by atoms with van der Waals surface area (Å²) in [5.74, 6) is 0.794. The van der Waals surface area contributed by atoms with Gasteiger partial charge in [-0.25, -0.2) is 0 Å². The largest absolute Gasteiger partial charge is 0.485 e. The number of benzene rings is 1. The zero-order chi connectivity index (χ0) is 11.9. The number of ketones is 1. The Hall–Kier alpha value is -1.35. The van der Waals surface area contributed by atoms with Crippen LogP contribution in [0.5, 0.6) is 5.75 Å². The molecule has 0 unspecified atom stereocenters. The van der Waals surface area contributed by atoms with Gasteiger partial charge in [0.15, 0.2) is 5.78 Å². The van der Waals surface area contributed by atoms with E-state index in [1.807, 2.05) is 13.8 Å². The maximum absolute atomic E-state index is 11.2. The highest BCUT2D eigenvalue weighted by atomic mass is 16.5. The molecule has 1 N–H and O–H groups in total. The van der Waals surface area contributed by atoms with E-state index in [2.05, 4.69) is 0 Å². The lowest BCUT2D eigenvalue weighted by atomic mass is 9.90. The van der Waals surface area contributed by atoms with Crippen LogP contribution < -0.4 is 4.74 Å². The summed E-state index contributed by atoms with van der Waals surface area (Å²) in [7, 11) is 0. The monoisotopic (exact) mass is 220 g/mol. The number of hydrogen-bond acceptors (Lipinski definition) is 3. The molecule has 86 valence electrons. The first-order valence-electron chi connectivity index (χ1n) is 5.41. The molecular weight excluding hydrogens is 204 g/mol. The molecule has 1 aliphatic rings. The van der Waals surface area contributed by atoms with Crippen LogP contribution in [0.3, 0.4) is 0 Å². The number of carbonyl (C=O) groups excluding carboxylic acids is 1. The first-order valence-corrected chi connectivity index (χ1v) is 5.41. The number of hydrogen-bond donors (Lipinski definition) is 1. The van der Waals surface area contributed by atoms with Crippen molar-refractivity contribution >= 4 is 5.78 Å². The molecule has 0 saturated carbocycles. The van der Waals surface area contributed by atoms with Crippen molar-refractivity contribution in [1.29, 1.82) is 0 Å². The average molecular weight is 220 g/mol. The van der Waals surface area contributed by atoms with Gasteiger partial charge in [-0.2, -0.15) is 0 Å². The number of aliphatic hydroxyl groups is 1. The van der Waals surface area contributed by atoms with E-state index in [1.165, 1.54) is 6.92 Å². The SMILES string of the molecule is CC(=O)c1ccc2c(c1)C[C@H](O)C(C)(C)O2. The fourth-order valence-corrected chi connectivity index (χ4v) is 1.86. The summed E-state index contributed by atoms with van der Waals surface area (Å²) in [4.78, 5) is 11.2.